The first-order valence-electron chi connectivity index (χ1n) is 6.37. The summed E-state index contributed by atoms with van der Waals surface area (Å²) in [5, 5.41) is 15.7. The molecule has 106 valence electrons. The highest BCUT2D eigenvalue weighted by Crippen LogP contribution is 2.30. The molecule has 20 heavy (non-hydrogen) atoms. The van der Waals surface area contributed by atoms with E-state index in [9.17, 15) is 10.1 Å². The molecular weight excluding hydrogens is 258 g/mol. The molecule has 1 aromatic heterocycles. The Morgan fingerprint density at radius 2 is 2.20 bits per heavy atom. The maximum atomic E-state index is 11.0. The molecule has 2 rings (SSSR count). The molecule has 0 radical (unpaired) electrons. The van der Waals surface area contributed by atoms with Crippen molar-refractivity contribution in [1.29, 1.82) is 0 Å². The topological polar surface area (TPSA) is 77.3 Å². The van der Waals surface area contributed by atoms with Gasteiger partial charge in [-0.1, -0.05) is 6.92 Å². The van der Waals surface area contributed by atoms with Crippen LogP contribution >= 0.6 is 0 Å². The van der Waals surface area contributed by atoms with E-state index in [0.29, 0.717) is 17.9 Å². The monoisotopic (exact) mass is 275 g/mol. The Labute approximate surface area is 116 Å². The first kappa shape index (κ1) is 14.2. The molecule has 1 atom stereocenters. The van der Waals surface area contributed by atoms with Crippen molar-refractivity contribution in [2.75, 3.05) is 25.6 Å². The van der Waals surface area contributed by atoms with Gasteiger partial charge in [0.2, 0.25) is 0 Å². The van der Waals surface area contributed by atoms with Crippen molar-refractivity contribution in [3.05, 3.63) is 40.7 Å². The lowest BCUT2D eigenvalue weighted by Gasteiger charge is -2.14. The van der Waals surface area contributed by atoms with Crippen LogP contribution in [0.2, 0.25) is 0 Å². The molecule has 0 fully saturated rings. The largest absolute Gasteiger partial charge is 0.384 e. The molecule has 0 aliphatic rings. The number of ether oxygens (including phenoxy) is 1. The number of aromatic nitrogens is 1. The highest BCUT2D eigenvalue weighted by Gasteiger charge is 2.14. The highest BCUT2D eigenvalue weighted by atomic mass is 16.6. The number of nitrogens with one attached hydrogen (secondary N) is 1. The number of benzene rings is 1. The second-order valence-corrected chi connectivity index (χ2v) is 4.75. The van der Waals surface area contributed by atoms with Gasteiger partial charge in [-0.25, -0.2) is 0 Å². The van der Waals surface area contributed by atoms with E-state index in [1.807, 2.05) is 0 Å². The summed E-state index contributed by atoms with van der Waals surface area (Å²) in [6.07, 6.45) is 3.16. The predicted octanol–water partition coefficient (Wildman–Crippen LogP) is 2.84. The summed E-state index contributed by atoms with van der Waals surface area (Å²) in [6.45, 7) is 3.48. The Morgan fingerprint density at radius 1 is 1.40 bits per heavy atom. The summed E-state index contributed by atoms with van der Waals surface area (Å²) in [5.74, 6) is 0.354. The van der Waals surface area contributed by atoms with Gasteiger partial charge in [0, 0.05) is 43.2 Å². The van der Waals surface area contributed by atoms with E-state index < -0.39 is 0 Å². The first-order valence-corrected chi connectivity index (χ1v) is 6.37. The molecule has 0 bridgehead atoms. The van der Waals surface area contributed by atoms with Gasteiger partial charge in [0.25, 0.3) is 5.69 Å². The molecule has 0 amide bonds. The fourth-order valence-corrected chi connectivity index (χ4v) is 2.12. The van der Waals surface area contributed by atoms with E-state index in [-0.39, 0.29) is 10.6 Å². The van der Waals surface area contributed by atoms with E-state index in [1.54, 1.807) is 25.4 Å². The van der Waals surface area contributed by atoms with Crippen LogP contribution in [0.1, 0.15) is 6.92 Å². The number of nitrogens with zero attached hydrogens (tertiary/aromatic N) is 2. The normalized spacial score (nSPS) is 12.3. The number of anilines is 1. The van der Waals surface area contributed by atoms with Gasteiger partial charge in [-0.05, 0) is 18.1 Å². The summed E-state index contributed by atoms with van der Waals surface area (Å²) in [7, 11) is 1.67. The van der Waals surface area contributed by atoms with E-state index in [4.69, 9.17) is 4.74 Å². The average molecular weight is 275 g/mol. The standard InChI is InChI=1S/C14H17N3O3/c1-10(9-20-2)7-16-13-3-4-14(17(18)19)12-8-15-6-5-11(12)13/h3-6,8,10,16H,7,9H2,1-2H3. The Morgan fingerprint density at radius 3 is 2.90 bits per heavy atom. The molecule has 1 aromatic carbocycles. The van der Waals surface area contributed by atoms with Crippen LogP contribution in [0.4, 0.5) is 11.4 Å². The van der Waals surface area contributed by atoms with Gasteiger partial charge < -0.3 is 10.1 Å². The van der Waals surface area contributed by atoms with Crippen LogP contribution in [0.5, 0.6) is 0 Å². The number of hydrogen-bond donors (Lipinski definition) is 1. The van der Waals surface area contributed by atoms with Gasteiger partial charge in [0.1, 0.15) is 0 Å². The molecule has 6 nitrogen and oxygen atoms in total. The lowest BCUT2D eigenvalue weighted by atomic mass is 10.1. The minimum atomic E-state index is -0.388. The second kappa shape index (κ2) is 6.29. The molecule has 0 saturated carbocycles. The molecule has 1 N–H and O–H groups in total. The molecule has 0 aliphatic carbocycles. The van der Waals surface area contributed by atoms with Crippen molar-refractivity contribution in [1.82, 2.24) is 4.98 Å². The van der Waals surface area contributed by atoms with Crippen molar-refractivity contribution in [2.45, 2.75) is 6.92 Å². The van der Waals surface area contributed by atoms with Crippen LogP contribution in [-0.2, 0) is 4.74 Å². The number of hydrogen-bond acceptors (Lipinski definition) is 5. The summed E-state index contributed by atoms with van der Waals surface area (Å²) >= 11 is 0. The summed E-state index contributed by atoms with van der Waals surface area (Å²) in [6, 6.07) is 5.03. The Bertz CT molecular complexity index is 616. The Balaban J connectivity index is 2.31. The van der Waals surface area contributed by atoms with Crippen LogP contribution < -0.4 is 5.32 Å². The van der Waals surface area contributed by atoms with Gasteiger partial charge >= 0.3 is 0 Å². The number of nitro groups is 1. The van der Waals surface area contributed by atoms with Crippen molar-refractivity contribution in [2.24, 2.45) is 5.92 Å². The molecule has 0 spiro atoms. The zero-order valence-corrected chi connectivity index (χ0v) is 11.5. The Kier molecular flexibility index (Phi) is 4.47. The van der Waals surface area contributed by atoms with E-state index >= 15 is 0 Å². The zero-order chi connectivity index (χ0) is 14.5. The molecule has 1 unspecified atom stereocenters. The summed E-state index contributed by atoms with van der Waals surface area (Å²) in [5.41, 5.74) is 0.944. The number of rotatable bonds is 6. The van der Waals surface area contributed by atoms with Gasteiger partial charge in [0.05, 0.1) is 16.9 Å². The minimum Gasteiger partial charge on any atom is -0.384 e. The smallest absolute Gasteiger partial charge is 0.278 e. The van der Waals surface area contributed by atoms with Crippen molar-refractivity contribution < 1.29 is 9.66 Å². The second-order valence-electron chi connectivity index (χ2n) is 4.75. The number of nitro benzene ring substituents is 1. The van der Waals surface area contributed by atoms with E-state index in [1.165, 1.54) is 12.3 Å². The van der Waals surface area contributed by atoms with Crippen molar-refractivity contribution in [3.8, 4) is 0 Å². The SMILES string of the molecule is COCC(C)CNc1ccc([N+](=O)[O-])c2cnccc12. The lowest BCUT2D eigenvalue weighted by molar-refractivity contribution is -0.383. The summed E-state index contributed by atoms with van der Waals surface area (Å²) < 4.78 is 5.09. The maximum absolute atomic E-state index is 11.0. The number of pyridine rings is 1. The summed E-state index contributed by atoms with van der Waals surface area (Å²) in [4.78, 5) is 14.6. The third kappa shape index (κ3) is 3.03. The molecule has 0 saturated heterocycles. The quantitative estimate of drug-likeness (QED) is 0.648. The van der Waals surface area contributed by atoms with Crippen LogP contribution in [0.25, 0.3) is 10.8 Å². The maximum Gasteiger partial charge on any atom is 0.278 e. The number of methoxy groups -OCH3 is 1. The van der Waals surface area contributed by atoms with Crippen LogP contribution in [-0.4, -0.2) is 30.2 Å². The fourth-order valence-electron chi connectivity index (χ4n) is 2.12. The van der Waals surface area contributed by atoms with Crippen molar-refractivity contribution >= 4 is 22.1 Å². The molecule has 2 aromatic rings. The van der Waals surface area contributed by atoms with Crippen LogP contribution in [0.3, 0.4) is 0 Å². The van der Waals surface area contributed by atoms with Gasteiger partial charge in [0.15, 0.2) is 0 Å². The molecule has 6 heteroatoms. The Hall–Kier alpha value is -2.21. The van der Waals surface area contributed by atoms with Crippen LogP contribution in [0, 0.1) is 16.0 Å². The third-order valence-corrected chi connectivity index (χ3v) is 3.08. The van der Waals surface area contributed by atoms with Crippen molar-refractivity contribution in [3.63, 3.8) is 0 Å². The van der Waals surface area contributed by atoms with E-state index in [0.717, 1.165) is 17.6 Å². The van der Waals surface area contributed by atoms with E-state index in [2.05, 4.69) is 17.2 Å². The predicted molar refractivity (Wildman–Crippen MR) is 77.9 cm³/mol. The average Bonchev–Trinajstić information content (AvgIpc) is 2.44. The molecule has 0 aliphatic heterocycles. The molecular formula is C14H17N3O3. The zero-order valence-electron chi connectivity index (χ0n) is 11.5. The van der Waals surface area contributed by atoms with Gasteiger partial charge in [-0.15, -0.1) is 0 Å². The number of non-ortho nitro benzene ring substituents is 1. The lowest BCUT2D eigenvalue weighted by Crippen LogP contribution is -2.15. The molecule has 1 heterocycles. The highest BCUT2D eigenvalue weighted by molar-refractivity contribution is 5.99. The fraction of sp³-hybridized carbons (Fsp3) is 0.357. The first-order chi connectivity index (χ1) is 9.63. The number of fused-ring (bicyclic) bond motifs is 1. The van der Waals surface area contributed by atoms with Crippen LogP contribution in [0.15, 0.2) is 30.6 Å². The third-order valence-electron chi connectivity index (χ3n) is 3.08. The minimum absolute atomic E-state index is 0.0728. The van der Waals surface area contributed by atoms with Gasteiger partial charge in [-0.3, -0.25) is 15.1 Å². The van der Waals surface area contributed by atoms with Gasteiger partial charge in [-0.2, -0.15) is 0 Å².